The molecular formula is C16H28N4. The number of nitrogens with zero attached hydrogens (tertiary/aromatic N) is 3. The van der Waals surface area contributed by atoms with E-state index < -0.39 is 0 Å². The normalized spacial score (nSPS) is 16.9. The number of anilines is 1. The van der Waals surface area contributed by atoms with E-state index in [1.54, 1.807) is 0 Å². The van der Waals surface area contributed by atoms with Gasteiger partial charge in [-0.2, -0.15) is 0 Å². The molecule has 1 aromatic rings. The van der Waals surface area contributed by atoms with Gasteiger partial charge in [0, 0.05) is 38.4 Å². The molecule has 1 aliphatic rings. The van der Waals surface area contributed by atoms with Crippen LogP contribution in [0.4, 0.5) is 5.82 Å². The minimum atomic E-state index is 0.475. The zero-order chi connectivity index (χ0) is 14.5. The second-order valence-electron chi connectivity index (χ2n) is 5.98. The van der Waals surface area contributed by atoms with E-state index in [-0.39, 0.29) is 0 Å². The van der Waals surface area contributed by atoms with Crippen molar-refractivity contribution < 1.29 is 0 Å². The first-order valence-electron chi connectivity index (χ1n) is 7.75. The maximum absolute atomic E-state index is 4.87. The number of hydrogen-bond acceptors (Lipinski definition) is 4. The SMILES string of the molecule is CCNCc1cc(C(C)C)nc(N2CCN(C)CC2)c1. The van der Waals surface area contributed by atoms with E-state index in [0.717, 1.165) is 45.1 Å². The van der Waals surface area contributed by atoms with Crippen molar-refractivity contribution in [1.82, 2.24) is 15.2 Å². The number of rotatable bonds is 5. The Balaban J connectivity index is 2.19. The van der Waals surface area contributed by atoms with Crippen molar-refractivity contribution in [2.45, 2.75) is 33.2 Å². The summed E-state index contributed by atoms with van der Waals surface area (Å²) in [6, 6.07) is 4.49. The van der Waals surface area contributed by atoms with Gasteiger partial charge in [-0.3, -0.25) is 0 Å². The lowest BCUT2D eigenvalue weighted by atomic mass is 10.1. The zero-order valence-corrected chi connectivity index (χ0v) is 13.3. The third-order valence-corrected chi connectivity index (χ3v) is 3.89. The van der Waals surface area contributed by atoms with Crippen molar-refractivity contribution >= 4 is 5.82 Å². The van der Waals surface area contributed by atoms with Crippen LogP contribution in [0.15, 0.2) is 12.1 Å². The molecule has 0 amide bonds. The quantitative estimate of drug-likeness (QED) is 0.892. The second kappa shape index (κ2) is 7.04. The highest BCUT2D eigenvalue weighted by Gasteiger charge is 2.17. The van der Waals surface area contributed by atoms with Gasteiger partial charge in [0.15, 0.2) is 0 Å². The van der Waals surface area contributed by atoms with Crippen molar-refractivity contribution in [2.75, 3.05) is 44.7 Å². The van der Waals surface area contributed by atoms with Crippen molar-refractivity contribution in [3.63, 3.8) is 0 Å². The molecule has 0 saturated carbocycles. The average molecular weight is 276 g/mol. The summed E-state index contributed by atoms with van der Waals surface area (Å²) in [5.74, 6) is 1.62. The van der Waals surface area contributed by atoms with Crippen LogP contribution in [0.25, 0.3) is 0 Å². The van der Waals surface area contributed by atoms with E-state index in [0.29, 0.717) is 5.92 Å². The molecule has 112 valence electrons. The fraction of sp³-hybridized carbons (Fsp3) is 0.688. The number of likely N-dealkylation sites (N-methyl/N-ethyl adjacent to an activating group) is 1. The fourth-order valence-corrected chi connectivity index (χ4v) is 2.46. The van der Waals surface area contributed by atoms with Gasteiger partial charge < -0.3 is 15.1 Å². The molecule has 0 radical (unpaired) electrons. The Kier molecular flexibility index (Phi) is 5.38. The minimum Gasteiger partial charge on any atom is -0.354 e. The van der Waals surface area contributed by atoms with Gasteiger partial charge in [0.25, 0.3) is 0 Å². The fourth-order valence-electron chi connectivity index (χ4n) is 2.46. The van der Waals surface area contributed by atoms with E-state index in [1.165, 1.54) is 11.3 Å². The predicted molar refractivity (Wildman–Crippen MR) is 85.4 cm³/mol. The van der Waals surface area contributed by atoms with Crippen molar-refractivity contribution in [2.24, 2.45) is 0 Å². The van der Waals surface area contributed by atoms with Gasteiger partial charge in [-0.15, -0.1) is 0 Å². The van der Waals surface area contributed by atoms with Gasteiger partial charge in [0.2, 0.25) is 0 Å². The number of nitrogens with one attached hydrogen (secondary N) is 1. The molecule has 20 heavy (non-hydrogen) atoms. The molecule has 0 atom stereocenters. The summed E-state index contributed by atoms with van der Waals surface area (Å²) in [5.41, 5.74) is 2.55. The molecule has 0 unspecified atom stereocenters. The zero-order valence-electron chi connectivity index (χ0n) is 13.3. The molecule has 1 aromatic heterocycles. The van der Waals surface area contributed by atoms with E-state index in [9.17, 15) is 0 Å². The third kappa shape index (κ3) is 3.93. The summed E-state index contributed by atoms with van der Waals surface area (Å²) < 4.78 is 0. The number of pyridine rings is 1. The van der Waals surface area contributed by atoms with Crippen LogP contribution in [-0.4, -0.2) is 49.7 Å². The maximum atomic E-state index is 4.87. The number of hydrogen-bond donors (Lipinski definition) is 1. The van der Waals surface area contributed by atoms with E-state index >= 15 is 0 Å². The van der Waals surface area contributed by atoms with Crippen LogP contribution >= 0.6 is 0 Å². The summed E-state index contributed by atoms with van der Waals surface area (Å²) in [6.07, 6.45) is 0. The first-order valence-corrected chi connectivity index (χ1v) is 7.75. The third-order valence-electron chi connectivity index (χ3n) is 3.89. The van der Waals surface area contributed by atoms with E-state index in [1.807, 2.05) is 0 Å². The Bertz CT molecular complexity index is 422. The number of piperazine rings is 1. The smallest absolute Gasteiger partial charge is 0.129 e. The van der Waals surface area contributed by atoms with Crippen LogP contribution in [-0.2, 0) is 6.54 Å². The van der Waals surface area contributed by atoms with Crippen LogP contribution in [0.3, 0.4) is 0 Å². The monoisotopic (exact) mass is 276 g/mol. The van der Waals surface area contributed by atoms with Crippen LogP contribution in [0.2, 0.25) is 0 Å². The molecule has 1 N–H and O–H groups in total. The standard InChI is InChI=1S/C16H28N4/c1-5-17-12-14-10-15(13(2)3)18-16(11-14)20-8-6-19(4)7-9-20/h10-11,13,17H,5-9,12H2,1-4H3. The maximum Gasteiger partial charge on any atom is 0.129 e. The summed E-state index contributed by atoms with van der Waals surface area (Å²) >= 11 is 0. The highest BCUT2D eigenvalue weighted by atomic mass is 15.3. The van der Waals surface area contributed by atoms with Crippen LogP contribution in [0.5, 0.6) is 0 Å². The lowest BCUT2D eigenvalue weighted by Crippen LogP contribution is -2.45. The predicted octanol–water partition coefficient (Wildman–Crippen LogP) is 2.07. The Labute approximate surface area is 123 Å². The van der Waals surface area contributed by atoms with Crippen molar-refractivity contribution in [1.29, 1.82) is 0 Å². The van der Waals surface area contributed by atoms with Crippen LogP contribution in [0, 0.1) is 0 Å². The Morgan fingerprint density at radius 1 is 1.20 bits per heavy atom. The number of aromatic nitrogens is 1. The second-order valence-corrected chi connectivity index (χ2v) is 5.98. The van der Waals surface area contributed by atoms with Gasteiger partial charge in [-0.25, -0.2) is 4.98 Å². The van der Waals surface area contributed by atoms with Crippen LogP contribution < -0.4 is 10.2 Å². The molecule has 2 rings (SSSR count). The Hall–Kier alpha value is -1.13. The topological polar surface area (TPSA) is 31.4 Å². The summed E-state index contributed by atoms with van der Waals surface area (Å²) in [7, 11) is 2.19. The molecule has 4 heteroatoms. The van der Waals surface area contributed by atoms with Crippen molar-refractivity contribution in [3.05, 3.63) is 23.4 Å². The molecule has 4 nitrogen and oxygen atoms in total. The first kappa shape index (κ1) is 15.3. The molecule has 1 saturated heterocycles. The molecular weight excluding hydrogens is 248 g/mol. The summed E-state index contributed by atoms with van der Waals surface area (Å²) in [6.45, 7) is 12.9. The summed E-state index contributed by atoms with van der Waals surface area (Å²) in [4.78, 5) is 9.66. The molecule has 0 aromatic carbocycles. The van der Waals surface area contributed by atoms with Gasteiger partial charge >= 0.3 is 0 Å². The van der Waals surface area contributed by atoms with E-state index in [2.05, 4.69) is 55.1 Å². The molecule has 1 aliphatic heterocycles. The average Bonchev–Trinajstić information content (AvgIpc) is 2.45. The highest BCUT2D eigenvalue weighted by molar-refractivity contribution is 5.44. The lowest BCUT2D eigenvalue weighted by molar-refractivity contribution is 0.312. The van der Waals surface area contributed by atoms with Gasteiger partial charge in [-0.05, 0) is 37.2 Å². The lowest BCUT2D eigenvalue weighted by Gasteiger charge is -2.33. The largest absolute Gasteiger partial charge is 0.354 e. The summed E-state index contributed by atoms with van der Waals surface area (Å²) in [5, 5.41) is 3.41. The Morgan fingerprint density at radius 2 is 1.90 bits per heavy atom. The highest BCUT2D eigenvalue weighted by Crippen LogP contribution is 2.21. The van der Waals surface area contributed by atoms with Crippen LogP contribution in [0.1, 0.15) is 37.9 Å². The molecule has 0 bridgehead atoms. The first-order chi connectivity index (χ1) is 9.60. The van der Waals surface area contributed by atoms with Gasteiger partial charge in [0.1, 0.15) is 5.82 Å². The van der Waals surface area contributed by atoms with Gasteiger partial charge in [-0.1, -0.05) is 20.8 Å². The minimum absolute atomic E-state index is 0.475. The molecule has 2 heterocycles. The Morgan fingerprint density at radius 3 is 2.50 bits per heavy atom. The molecule has 1 fully saturated rings. The van der Waals surface area contributed by atoms with E-state index in [4.69, 9.17) is 4.98 Å². The molecule has 0 aliphatic carbocycles. The van der Waals surface area contributed by atoms with Crippen molar-refractivity contribution in [3.8, 4) is 0 Å². The van der Waals surface area contributed by atoms with Gasteiger partial charge in [0.05, 0.1) is 0 Å². The molecule has 0 spiro atoms.